The number of nitrogens with zero attached hydrogens (tertiary/aromatic N) is 2. The van der Waals surface area contributed by atoms with Crippen molar-refractivity contribution in [3.8, 4) is 0 Å². The van der Waals surface area contributed by atoms with Crippen molar-refractivity contribution >= 4 is 17.2 Å². The first kappa shape index (κ1) is 17.1. The van der Waals surface area contributed by atoms with Crippen molar-refractivity contribution in [2.45, 2.75) is 45.7 Å². The van der Waals surface area contributed by atoms with Crippen LogP contribution in [0.2, 0.25) is 0 Å². The Bertz CT molecular complexity index is 723. The van der Waals surface area contributed by atoms with Gasteiger partial charge in [0.25, 0.3) is 0 Å². The second kappa shape index (κ2) is 7.03. The molecule has 1 aromatic carbocycles. The molecule has 0 fully saturated rings. The van der Waals surface area contributed by atoms with E-state index in [9.17, 15) is 4.79 Å². The lowest BCUT2D eigenvalue weighted by atomic mass is 9.94. The number of nitrogens with one attached hydrogen (secondary N) is 1. The monoisotopic (exact) mass is 343 g/mol. The lowest BCUT2D eigenvalue weighted by Crippen LogP contribution is -2.53. The summed E-state index contributed by atoms with van der Waals surface area (Å²) in [6, 6.07) is 8.64. The number of carbonyl (C=O) groups is 1. The van der Waals surface area contributed by atoms with Gasteiger partial charge < -0.3 is 5.32 Å². The zero-order valence-electron chi connectivity index (χ0n) is 14.6. The summed E-state index contributed by atoms with van der Waals surface area (Å²) in [6.45, 7) is 9.00. The Morgan fingerprint density at radius 3 is 2.79 bits per heavy atom. The summed E-state index contributed by atoms with van der Waals surface area (Å²) in [5.74, 6) is 0.0470. The Labute approximate surface area is 147 Å². The van der Waals surface area contributed by atoms with Crippen LogP contribution in [-0.4, -0.2) is 34.4 Å². The van der Waals surface area contributed by atoms with E-state index >= 15 is 0 Å². The van der Waals surface area contributed by atoms with Crippen LogP contribution in [0.3, 0.4) is 0 Å². The lowest BCUT2D eigenvalue weighted by Gasteiger charge is -2.41. The van der Waals surface area contributed by atoms with Gasteiger partial charge in [0.05, 0.1) is 17.1 Å². The fourth-order valence-electron chi connectivity index (χ4n) is 3.16. The summed E-state index contributed by atoms with van der Waals surface area (Å²) in [5, 5.41) is 6.05. The third kappa shape index (κ3) is 4.02. The standard InChI is InChI=1S/C19H25N3OS/c1-14-21-17(12-24-14)10-18(23)20-13-19(2,3)22-9-8-15-6-4-5-7-16(15)11-22/h4-7,12H,8-11,13H2,1-3H3,(H,20,23). The minimum Gasteiger partial charge on any atom is -0.354 e. The molecule has 0 radical (unpaired) electrons. The van der Waals surface area contributed by atoms with Crippen molar-refractivity contribution in [3.63, 3.8) is 0 Å². The van der Waals surface area contributed by atoms with Crippen molar-refractivity contribution in [1.29, 1.82) is 0 Å². The predicted molar refractivity (Wildman–Crippen MR) is 98.2 cm³/mol. The normalized spacial score (nSPS) is 15.1. The molecule has 2 aromatic rings. The first-order chi connectivity index (χ1) is 11.4. The largest absolute Gasteiger partial charge is 0.354 e. The summed E-state index contributed by atoms with van der Waals surface area (Å²) in [7, 11) is 0. The average molecular weight is 343 g/mol. The highest BCUT2D eigenvalue weighted by Crippen LogP contribution is 2.24. The van der Waals surface area contributed by atoms with E-state index in [0.717, 1.165) is 30.2 Å². The van der Waals surface area contributed by atoms with Crippen molar-refractivity contribution < 1.29 is 4.79 Å². The van der Waals surface area contributed by atoms with Crippen LogP contribution in [0.15, 0.2) is 29.6 Å². The molecule has 1 aliphatic heterocycles. The second-order valence-corrected chi connectivity index (χ2v) is 8.13. The van der Waals surface area contributed by atoms with E-state index in [1.807, 2.05) is 12.3 Å². The number of thiazole rings is 1. The molecule has 128 valence electrons. The molecule has 0 bridgehead atoms. The molecule has 1 amide bonds. The van der Waals surface area contributed by atoms with Crippen LogP contribution in [0.5, 0.6) is 0 Å². The minimum atomic E-state index is -0.0683. The summed E-state index contributed by atoms with van der Waals surface area (Å²) in [5.41, 5.74) is 3.65. The van der Waals surface area contributed by atoms with Crippen LogP contribution in [0.1, 0.15) is 35.7 Å². The number of hydrogen-bond donors (Lipinski definition) is 1. The molecule has 3 rings (SSSR count). The number of rotatable bonds is 5. The smallest absolute Gasteiger partial charge is 0.226 e. The SMILES string of the molecule is Cc1nc(CC(=O)NCC(C)(C)N2CCc3ccccc3C2)cs1. The average Bonchev–Trinajstić information content (AvgIpc) is 2.97. The van der Waals surface area contributed by atoms with Gasteiger partial charge in [-0.15, -0.1) is 11.3 Å². The molecule has 1 aliphatic rings. The molecule has 0 unspecified atom stereocenters. The lowest BCUT2D eigenvalue weighted by molar-refractivity contribution is -0.121. The van der Waals surface area contributed by atoms with Crippen LogP contribution in [0.4, 0.5) is 0 Å². The fraction of sp³-hybridized carbons (Fsp3) is 0.474. The number of aryl methyl sites for hydroxylation is 1. The van der Waals surface area contributed by atoms with Gasteiger partial charge >= 0.3 is 0 Å². The number of aromatic nitrogens is 1. The second-order valence-electron chi connectivity index (χ2n) is 7.06. The number of fused-ring (bicyclic) bond motifs is 1. The topological polar surface area (TPSA) is 45.2 Å². The fourth-order valence-corrected chi connectivity index (χ4v) is 3.77. The molecule has 5 heteroatoms. The summed E-state index contributed by atoms with van der Waals surface area (Å²) >= 11 is 1.59. The van der Waals surface area contributed by atoms with Crippen molar-refractivity contribution in [1.82, 2.24) is 15.2 Å². The van der Waals surface area contributed by atoms with Gasteiger partial charge in [-0.25, -0.2) is 4.98 Å². The highest BCUT2D eigenvalue weighted by molar-refractivity contribution is 7.09. The van der Waals surface area contributed by atoms with Gasteiger partial charge in [-0.1, -0.05) is 24.3 Å². The molecule has 1 aromatic heterocycles. The molecule has 0 saturated heterocycles. The van der Waals surface area contributed by atoms with Gasteiger partial charge in [0.15, 0.2) is 0 Å². The number of amides is 1. The van der Waals surface area contributed by atoms with E-state index in [-0.39, 0.29) is 11.4 Å². The van der Waals surface area contributed by atoms with E-state index in [0.29, 0.717) is 13.0 Å². The molecule has 24 heavy (non-hydrogen) atoms. The summed E-state index contributed by atoms with van der Waals surface area (Å²) < 4.78 is 0. The van der Waals surface area contributed by atoms with Gasteiger partial charge in [0, 0.05) is 30.6 Å². The molecule has 0 saturated carbocycles. The van der Waals surface area contributed by atoms with Gasteiger partial charge in [-0.2, -0.15) is 0 Å². The maximum atomic E-state index is 12.2. The minimum absolute atomic E-state index is 0.0470. The zero-order valence-corrected chi connectivity index (χ0v) is 15.4. The first-order valence-electron chi connectivity index (χ1n) is 8.43. The highest BCUT2D eigenvalue weighted by atomic mass is 32.1. The van der Waals surface area contributed by atoms with Crippen LogP contribution in [0.25, 0.3) is 0 Å². The van der Waals surface area contributed by atoms with Crippen LogP contribution in [0, 0.1) is 6.92 Å². The van der Waals surface area contributed by atoms with Crippen LogP contribution < -0.4 is 5.32 Å². The molecular weight excluding hydrogens is 318 g/mol. The highest BCUT2D eigenvalue weighted by Gasteiger charge is 2.30. The molecular formula is C19H25N3OS. The molecule has 0 aliphatic carbocycles. The Kier molecular flexibility index (Phi) is 5.01. The third-order valence-corrected chi connectivity index (χ3v) is 5.54. The Morgan fingerprint density at radius 2 is 2.08 bits per heavy atom. The van der Waals surface area contributed by atoms with Crippen molar-refractivity contribution in [2.75, 3.05) is 13.1 Å². The van der Waals surface area contributed by atoms with Gasteiger partial charge in [-0.05, 0) is 38.3 Å². The van der Waals surface area contributed by atoms with Crippen LogP contribution >= 0.6 is 11.3 Å². The number of carbonyl (C=O) groups excluding carboxylic acids is 1. The number of hydrogen-bond acceptors (Lipinski definition) is 4. The summed E-state index contributed by atoms with van der Waals surface area (Å²) in [4.78, 5) is 19.0. The van der Waals surface area contributed by atoms with E-state index in [1.165, 1.54) is 11.1 Å². The van der Waals surface area contributed by atoms with Gasteiger partial charge in [0.1, 0.15) is 0 Å². The molecule has 4 nitrogen and oxygen atoms in total. The van der Waals surface area contributed by atoms with E-state index < -0.39 is 0 Å². The Balaban J connectivity index is 1.55. The number of benzene rings is 1. The van der Waals surface area contributed by atoms with Crippen molar-refractivity contribution in [3.05, 3.63) is 51.5 Å². The Morgan fingerprint density at radius 1 is 1.33 bits per heavy atom. The van der Waals surface area contributed by atoms with E-state index in [2.05, 4.69) is 53.3 Å². The first-order valence-corrected chi connectivity index (χ1v) is 9.31. The van der Waals surface area contributed by atoms with Gasteiger partial charge in [-0.3, -0.25) is 9.69 Å². The van der Waals surface area contributed by atoms with E-state index in [1.54, 1.807) is 11.3 Å². The maximum Gasteiger partial charge on any atom is 0.226 e. The summed E-state index contributed by atoms with van der Waals surface area (Å²) in [6.07, 6.45) is 1.44. The predicted octanol–water partition coefficient (Wildman–Crippen LogP) is 2.95. The van der Waals surface area contributed by atoms with Crippen molar-refractivity contribution in [2.24, 2.45) is 0 Å². The van der Waals surface area contributed by atoms with Gasteiger partial charge in [0.2, 0.25) is 5.91 Å². The molecule has 2 heterocycles. The van der Waals surface area contributed by atoms with Crippen LogP contribution in [-0.2, 0) is 24.2 Å². The zero-order chi connectivity index (χ0) is 17.2. The quantitative estimate of drug-likeness (QED) is 0.908. The Hall–Kier alpha value is -1.72. The molecule has 0 atom stereocenters. The molecule has 0 spiro atoms. The maximum absolute atomic E-state index is 12.2. The van der Waals surface area contributed by atoms with E-state index in [4.69, 9.17) is 0 Å². The molecule has 1 N–H and O–H groups in total. The third-order valence-electron chi connectivity index (χ3n) is 4.71.